The van der Waals surface area contributed by atoms with Crippen LogP contribution < -0.4 is 11.1 Å². The maximum Gasteiger partial charge on any atom is 0.236 e. The maximum absolute atomic E-state index is 10.1. The monoisotopic (exact) mass is 433 g/mol. The Balaban J connectivity index is 1.16. The lowest BCUT2D eigenvalue weighted by atomic mass is 9.91. The van der Waals surface area contributed by atoms with E-state index >= 15 is 0 Å². The number of hydrogen-bond donors (Lipinski definition) is 3. The number of imidazole rings is 1. The van der Waals surface area contributed by atoms with Gasteiger partial charge in [-0.25, -0.2) is 4.98 Å². The number of nitrogens with two attached hydrogens (primary N) is 1. The van der Waals surface area contributed by atoms with E-state index in [9.17, 15) is 5.11 Å². The standard InChI is InChI=1S/C24H27N5O3/c25-23-16(4-3-11-31-18-12-19(13-18)32-17-7-9-26-10-8-17)14-29-15-21(27-24(29)28-23)20-5-1-2-6-22(20)30/h1-2,5-6,14-15,17-19,26,30H,7-13H2,(H2,25,27,28). The van der Waals surface area contributed by atoms with E-state index in [-0.39, 0.29) is 11.9 Å². The molecule has 1 saturated heterocycles. The summed E-state index contributed by atoms with van der Waals surface area (Å²) in [5.41, 5.74) is 7.95. The predicted molar refractivity (Wildman–Crippen MR) is 121 cm³/mol. The molecule has 8 nitrogen and oxygen atoms in total. The molecule has 3 aromatic rings. The number of fused-ring (bicyclic) bond motifs is 1. The SMILES string of the molecule is Nc1nc2nc(-c3ccccc3O)cn2cc1C#CCOC1CC(OC2CCNCC2)C1. The molecule has 0 unspecified atom stereocenters. The summed E-state index contributed by atoms with van der Waals surface area (Å²) >= 11 is 0. The van der Waals surface area contributed by atoms with Crippen LogP contribution in [0.2, 0.25) is 0 Å². The second-order valence-corrected chi connectivity index (χ2v) is 8.30. The molecule has 2 aromatic heterocycles. The highest BCUT2D eigenvalue weighted by Gasteiger charge is 2.32. The van der Waals surface area contributed by atoms with Gasteiger partial charge in [0.1, 0.15) is 18.2 Å². The van der Waals surface area contributed by atoms with E-state index in [1.54, 1.807) is 35.0 Å². The molecule has 5 rings (SSSR count). The molecule has 3 heterocycles. The average molecular weight is 434 g/mol. The molecule has 32 heavy (non-hydrogen) atoms. The molecule has 8 heteroatoms. The first-order valence-corrected chi connectivity index (χ1v) is 11.1. The van der Waals surface area contributed by atoms with Crippen LogP contribution in [0.1, 0.15) is 31.2 Å². The highest BCUT2D eigenvalue weighted by molar-refractivity contribution is 5.68. The van der Waals surface area contributed by atoms with E-state index in [2.05, 4.69) is 27.1 Å². The van der Waals surface area contributed by atoms with E-state index in [0.29, 0.717) is 47.2 Å². The minimum absolute atomic E-state index is 0.167. The zero-order valence-corrected chi connectivity index (χ0v) is 17.8. The Morgan fingerprint density at radius 2 is 1.91 bits per heavy atom. The number of rotatable bonds is 5. The Kier molecular flexibility index (Phi) is 5.95. The summed E-state index contributed by atoms with van der Waals surface area (Å²) in [5.74, 6) is 7.02. The Hall–Kier alpha value is -3.12. The van der Waals surface area contributed by atoms with Crippen molar-refractivity contribution in [2.24, 2.45) is 0 Å². The smallest absolute Gasteiger partial charge is 0.236 e. The Labute approximate surface area is 186 Å². The van der Waals surface area contributed by atoms with Crippen molar-refractivity contribution in [3.05, 3.63) is 42.2 Å². The molecule has 0 bridgehead atoms. The molecule has 2 fully saturated rings. The number of nitrogen functional groups attached to an aromatic ring is 1. The zero-order valence-electron chi connectivity index (χ0n) is 17.8. The fourth-order valence-corrected chi connectivity index (χ4v) is 4.11. The Bertz CT molecular complexity index is 1150. The van der Waals surface area contributed by atoms with Crippen molar-refractivity contribution in [1.82, 2.24) is 19.7 Å². The Morgan fingerprint density at radius 1 is 1.09 bits per heavy atom. The van der Waals surface area contributed by atoms with Crippen LogP contribution in [0.4, 0.5) is 5.82 Å². The van der Waals surface area contributed by atoms with Crippen molar-refractivity contribution in [1.29, 1.82) is 0 Å². The van der Waals surface area contributed by atoms with E-state index < -0.39 is 0 Å². The fraction of sp³-hybridized carbons (Fsp3) is 0.417. The van der Waals surface area contributed by atoms with Crippen LogP contribution in [-0.4, -0.2) is 57.5 Å². The number of phenols is 1. The summed E-state index contributed by atoms with van der Waals surface area (Å²) in [5, 5.41) is 13.4. The third kappa shape index (κ3) is 4.55. The molecule has 0 atom stereocenters. The lowest BCUT2D eigenvalue weighted by Crippen LogP contribution is -2.42. The van der Waals surface area contributed by atoms with Gasteiger partial charge in [-0.1, -0.05) is 24.0 Å². The summed E-state index contributed by atoms with van der Waals surface area (Å²) in [6.07, 6.45) is 8.58. The highest BCUT2D eigenvalue weighted by Crippen LogP contribution is 2.29. The predicted octanol–water partition coefficient (Wildman–Crippen LogP) is 2.35. The van der Waals surface area contributed by atoms with E-state index in [0.717, 1.165) is 38.8 Å². The maximum atomic E-state index is 10.1. The number of aromatic hydroxyl groups is 1. The van der Waals surface area contributed by atoms with Crippen molar-refractivity contribution < 1.29 is 14.6 Å². The van der Waals surface area contributed by atoms with Crippen molar-refractivity contribution >= 4 is 11.6 Å². The highest BCUT2D eigenvalue weighted by atomic mass is 16.5. The van der Waals surface area contributed by atoms with Crippen LogP contribution in [0.3, 0.4) is 0 Å². The Morgan fingerprint density at radius 3 is 2.72 bits per heavy atom. The number of ether oxygens (including phenoxy) is 2. The molecule has 166 valence electrons. The number of benzene rings is 1. The summed E-state index contributed by atoms with van der Waals surface area (Å²) in [6.45, 7) is 2.44. The molecule has 1 aromatic carbocycles. The summed E-state index contributed by atoms with van der Waals surface area (Å²) in [4.78, 5) is 8.80. The van der Waals surface area contributed by atoms with Crippen LogP contribution in [0.15, 0.2) is 36.7 Å². The quantitative estimate of drug-likeness (QED) is 0.530. The van der Waals surface area contributed by atoms with Gasteiger partial charge in [-0.05, 0) is 38.1 Å². The number of piperidine rings is 1. The molecule has 1 aliphatic heterocycles. The van der Waals surface area contributed by atoms with Crippen molar-refractivity contribution in [3.63, 3.8) is 0 Å². The van der Waals surface area contributed by atoms with Crippen LogP contribution in [-0.2, 0) is 9.47 Å². The summed E-state index contributed by atoms with van der Waals surface area (Å²) in [6, 6.07) is 7.05. The van der Waals surface area contributed by atoms with Gasteiger partial charge in [-0.3, -0.25) is 4.40 Å². The average Bonchev–Trinajstić information content (AvgIpc) is 3.18. The number of hydrogen-bond acceptors (Lipinski definition) is 7. The number of para-hydroxylation sites is 1. The minimum atomic E-state index is 0.167. The van der Waals surface area contributed by atoms with E-state index in [1.807, 2.05) is 6.07 Å². The van der Waals surface area contributed by atoms with Gasteiger partial charge in [-0.2, -0.15) is 4.98 Å². The number of anilines is 1. The van der Waals surface area contributed by atoms with Crippen molar-refractivity contribution in [3.8, 4) is 28.8 Å². The first-order valence-electron chi connectivity index (χ1n) is 11.1. The fourth-order valence-electron chi connectivity index (χ4n) is 4.11. The van der Waals surface area contributed by atoms with Crippen LogP contribution in [0, 0.1) is 11.8 Å². The van der Waals surface area contributed by atoms with Gasteiger partial charge in [-0.15, -0.1) is 0 Å². The lowest BCUT2D eigenvalue weighted by molar-refractivity contribution is -0.125. The van der Waals surface area contributed by atoms with Gasteiger partial charge in [0.15, 0.2) is 0 Å². The van der Waals surface area contributed by atoms with Crippen molar-refractivity contribution in [2.75, 3.05) is 25.4 Å². The first-order chi connectivity index (χ1) is 15.7. The molecule has 1 aliphatic carbocycles. The van der Waals surface area contributed by atoms with Gasteiger partial charge >= 0.3 is 0 Å². The normalized spacial score (nSPS) is 21.1. The number of phenolic OH excluding ortho intramolecular Hbond substituents is 1. The molecule has 4 N–H and O–H groups in total. The largest absolute Gasteiger partial charge is 0.507 e. The first kappa shape index (κ1) is 20.8. The second-order valence-electron chi connectivity index (χ2n) is 8.30. The molecule has 1 saturated carbocycles. The third-order valence-electron chi connectivity index (χ3n) is 5.99. The van der Waals surface area contributed by atoms with Crippen molar-refractivity contribution in [2.45, 2.75) is 44.0 Å². The van der Waals surface area contributed by atoms with Crippen LogP contribution in [0.5, 0.6) is 5.75 Å². The van der Waals surface area contributed by atoms with Gasteiger partial charge in [0.05, 0.1) is 29.6 Å². The zero-order chi connectivity index (χ0) is 21.9. The van der Waals surface area contributed by atoms with E-state index in [1.165, 1.54) is 0 Å². The topological polar surface area (TPSA) is 107 Å². The number of nitrogens with one attached hydrogen (secondary N) is 1. The molecular formula is C24H27N5O3. The van der Waals surface area contributed by atoms with Crippen LogP contribution >= 0.6 is 0 Å². The van der Waals surface area contributed by atoms with Gasteiger partial charge in [0.2, 0.25) is 5.78 Å². The molecule has 0 spiro atoms. The molecule has 0 radical (unpaired) electrons. The molecule has 0 amide bonds. The van der Waals surface area contributed by atoms with Gasteiger partial charge < -0.3 is 25.6 Å². The van der Waals surface area contributed by atoms with E-state index in [4.69, 9.17) is 15.2 Å². The summed E-state index contributed by atoms with van der Waals surface area (Å²) < 4.78 is 13.7. The second kappa shape index (κ2) is 9.17. The van der Waals surface area contributed by atoms with Gasteiger partial charge in [0, 0.05) is 30.8 Å². The molecular weight excluding hydrogens is 406 g/mol. The minimum Gasteiger partial charge on any atom is -0.507 e. The lowest BCUT2D eigenvalue weighted by Gasteiger charge is -2.38. The van der Waals surface area contributed by atoms with Crippen LogP contribution in [0.25, 0.3) is 17.0 Å². The number of aromatic nitrogens is 3. The summed E-state index contributed by atoms with van der Waals surface area (Å²) in [7, 11) is 0. The number of nitrogens with zero attached hydrogens (tertiary/aromatic N) is 3. The third-order valence-corrected chi connectivity index (χ3v) is 5.99. The van der Waals surface area contributed by atoms with Gasteiger partial charge in [0.25, 0.3) is 0 Å². The molecule has 2 aliphatic rings.